The quantitative estimate of drug-likeness (QED) is 0.500. The Labute approximate surface area is 186 Å². The van der Waals surface area contributed by atoms with Gasteiger partial charge in [-0.3, -0.25) is 4.79 Å². The molecular formula is C24H27N3O3S. The summed E-state index contributed by atoms with van der Waals surface area (Å²) in [5, 5.41) is 12.2. The summed E-state index contributed by atoms with van der Waals surface area (Å²) in [7, 11) is 0. The number of carboxylic acid groups (broad SMARTS) is 1. The standard InChI is InChI=1S/C24H27N3O3S/c1-17-5-3-4-6-19(17)21-15-18(9-12-27-13-11-25-16-27)7-8-20(21)23(28)26-22(24(29)30)10-14-31-2/h3-8,11,13,15-16,22H,9-10,12,14H2,1-2H3,(H,26,28)(H,29,30)/t22-/m0/s1. The number of carbonyl (C=O) groups excluding carboxylic acids is 1. The molecule has 3 rings (SSSR count). The van der Waals surface area contributed by atoms with Crippen molar-refractivity contribution in [2.45, 2.75) is 32.4 Å². The third kappa shape index (κ3) is 5.98. The van der Waals surface area contributed by atoms with Crippen molar-refractivity contribution in [2.24, 2.45) is 0 Å². The molecule has 0 saturated carbocycles. The number of imidazole rings is 1. The molecule has 0 unspecified atom stereocenters. The molecule has 3 aromatic rings. The van der Waals surface area contributed by atoms with E-state index in [2.05, 4.69) is 10.3 Å². The molecule has 31 heavy (non-hydrogen) atoms. The van der Waals surface area contributed by atoms with Crippen LogP contribution < -0.4 is 5.32 Å². The average molecular weight is 438 g/mol. The van der Waals surface area contributed by atoms with Crippen molar-refractivity contribution in [3.63, 3.8) is 0 Å². The van der Waals surface area contributed by atoms with Gasteiger partial charge in [0.15, 0.2) is 0 Å². The number of carboxylic acids is 1. The van der Waals surface area contributed by atoms with Crippen molar-refractivity contribution in [1.82, 2.24) is 14.9 Å². The fraction of sp³-hybridized carbons (Fsp3) is 0.292. The third-order valence-corrected chi connectivity index (χ3v) is 5.84. The fourth-order valence-electron chi connectivity index (χ4n) is 3.45. The summed E-state index contributed by atoms with van der Waals surface area (Å²) in [4.78, 5) is 28.8. The van der Waals surface area contributed by atoms with Gasteiger partial charge in [-0.15, -0.1) is 0 Å². The first-order valence-electron chi connectivity index (χ1n) is 10.2. The van der Waals surface area contributed by atoms with Crippen LogP contribution in [0.25, 0.3) is 11.1 Å². The lowest BCUT2D eigenvalue weighted by molar-refractivity contribution is -0.139. The van der Waals surface area contributed by atoms with E-state index in [-0.39, 0.29) is 5.91 Å². The smallest absolute Gasteiger partial charge is 0.326 e. The Hall–Kier alpha value is -3.06. The first-order chi connectivity index (χ1) is 15.0. The second-order valence-electron chi connectivity index (χ2n) is 7.39. The minimum absolute atomic E-state index is 0.368. The average Bonchev–Trinajstić information content (AvgIpc) is 3.29. The number of hydrogen-bond donors (Lipinski definition) is 2. The number of rotatable bonds is 10. The molecule has 2 N–H and O–H groups in total. The van der Waals surface area contributed by atoms with Gasteiger partial charge in [0.25, 0.3) is 5.91 Å². The van der Waals surface area contributed by atoms with E-state index in [1.54, 1.807) is 30.4 Å². The number of thioether (sulfide) groups is 1. The Morgan fingerprint density at radius 2 is 2.00 bits per heavy atom. The number of hydrogen-bond acceptors (Lipinski definition) is 4. The Kier molecular flexibility index (Phi) is 7.89. The van der Waals surface area contributed by atoms with Gasteiger partial charge in [-0.1, -0.05) is 36.4 Å². The maximum Gasteiger partial charge on any atom is 0.326 e. The van der Waals surface area contributed by atoms with E-state index in [0.29, 0.717) is 17.7 Å². The maximum atomic E-state index is 13.1. The number of aliphatic carboxylic acids is 1. The van der Waals surface area contributed by atoms with Gasteiger partial charge in [-0.05, 0) is 60.1 Å². The van der Waals surface area contributed by atoms with Crippen molar-refractivity contribution >= 4 is 23.6 Å². The molecule has 1 heterocycles. The highest BCUT2D eigenvalue weighted by Gasteiger charge is 2.22. The van der Waals surface area contributed by atoms with Crippen molar-refractivity contribution in [3.8, 4) is 11.1 Å². The molecule has 0 aliphatic carbocycles. The maximum absolute atomic E-state index is 13.1. The summed E-state index contributed by atoms with van der Waals surface area (Å²) >= 11 is 1.56. The predicted octanol–water partition coefficient (Wildman–Crippen LogP) is 4.04. The topological polar surface area (TPSA) is 84.2 Å². The van der Waals surface area contributed by atoms with Gasteiger partial charge in [0.05, 0.1) is 6.33 Å². The number of nitrogens with one attached hydrogen (secondary N) is 1. The zero-order chi connectivity index (χ0) is 22.2. The van der Waals surface area contributed by atoms with Crippen LogP contribution in [0.4, 0.5) is 0 Å². The highest BCUT2D eigenvalue weighted by molar-refractivity contribution is 7.98. The molecule has 162 valence electrons. The van der Waals surface area contributed by atoms with Crippen LogP contribution in [0.5, 0.6) is 0 Å². The third-order valence-electron chi connectivity index (χ3n) is 5.20. The predicted molar refractivity (Wildman–Crippen MR) is 124 cm³/mol. The van der Waals surface area contributed by atoms with E-state index in [0.717, 1.165) is 35.2 Å². The lowest BCUT2D eigenvalue weighted by atomic mass is 9.93. The van der Waals surface area contributed by atoms with E-state index in [9.17, 15) is 14.7 Å². The fourth-order valence-corrected chi connectivity index (χ4v) is 3.92. The zero-order valence-electron chi connectivity index (χ0n) is 17.7. The minimum Gasteiger partial charge on any atom is -0.480 e. The molecular weight excluding hydrogens is 410 g/mol. The Morgan fingerprint density at radius 1 is 1.19 bits per heavy atom. The molecule has 1 aromatic heterocycles. The molecule has 2 aromatic carbocycles. The molecule has 7 heteroatoms. The molecule has 0 radical (unpaired) electrons. The number of benzene rings is 2. The number of aromatic nitrogens is 2. The number of amides is 1. The van der Waals surface area contributed by atoms with Crippen LogP contribution in [0.3, 0.4) is 0 Å². The number of carbonyl (C=O) groups is 2. The largest absolute Gasteiger partial charge is 0.480 e. The van der Waals surface area contributed by atoms with Gasteiger partial charge < -0.3 is 15.0 Å². The highest BCUT2D eigenvalue weighted by atomic mass is 32.2. The van der Waals surface area contributed by atoms with E-state index in [1.807, 2.05) is 60.3 Å². The Bertz CT molecular complexity index is 1030. The van der Waals surface area contributed by atoms with Gasteiger partial charge in [0, 0.05) is 24.5 Å². The van der Waals surface area contributed by atoms with E-state index >= 15 is 0 Å². The summed E-state index contributed by atoms with van der Waals surface area (Å²) in [6.45, 7) is 2.79. The molecule has 1 amide bonds. The first-order valence-corrected chi connectivity index (χ1v) is 11.6. The molecule has 6 nitrogen and oxygen atoms in total. The zero-order valence-corrected chi connectivity index (χ0v) is 18.6. The molecule has 0 bridgehead atoms. The van der Waals surface area contributed by atoms with Crippen LogP contribution in [0, 0.1) is 6.92 Å². The van der Waals surface area contributed by atoms with E-state index in [1.165, 1.54) is 0 Å². The van der Waals surface area contributed by atoms with Gasteiger partial charge >= 0.3 is 5.97 Å². The van der Waals surface area contributed by atoms with Crippen LogP contribution >= 0.6 is 11.8 Å². The van der Waals surface area contributed by atoms with Gasteiger partial charge in [-0.2, -0.15) is 11.8 Å². The second kappa shape index (κ2) is 10.8. The minimum atomic E-state index is -1.02. The SMILES string of the molecule is CSCC[C@H](NC(=O)c1ccc(CCn2ccnc2)cc1-c1ccccc1C)C(=O)O. The second-order valence-corrected chi connectivity index (χ2v) is 8.38. The van der Waals surface area contributed by atoms with Crippen molar-refractivity contribution < 1.29 is 14.7 Å². The van der Waals surface area contributed by atoms with E-state index < -0.39 is 12.0 Å². The van der Waals surface area contributed by atoms with Crippen LogP contribution in [0.2, 0.25) is 0 Å². The first kappa shape index (κ1) is 22.6. The van der Waals surface area contributed by atoms with Crippen LogP contribution in [0.15, 0.2) is 61.2 Å². The summed E-state index contributed by atoms with van der Waals surface area (Å²) in [6.07, 6.45) is 8.55. The molecule has 0 fully saturated rings. The molecule has 0 saturated heterocycles. The lowest BCUT2D eigenvalue weighted by Crippen LogP contribution is -2.41. The summed E-state index contributed by atoms with van der Waals surface area (Å²) in [5.41, 5.74) is 4.41. The van der Waals surface area contributed by atoms with Crippen LogP contribution in [-0.4, -0.2) is 44.6 Å². The number of aryl methyl sites for hydroxylation is 3. The Balaban J connectivity index is 1.91. The molecule has 1 atom stereocenters. The van der Waals surface area contributed by atoms with Crippen molar-refractivity contribution in [2.75, 3.05) is 12.0 Å². The van der Waals surface area contributed by atoms with Gasteiger partial charge in [0.2, 0.25) is 0 Å². The normalized spacial score (nSPS) is 11.8. The summed E-state index contributed by atoms with van der Waals surface area (Å²) < 4.78 is 2.01. The summed E-state index contributed by atoms with van der Waals surface area (Å²) in [6, 6.07) is 12.8. The van der Waals surface area contributed by atoms with Crippen LogP contribution in [0.1, 0.15) is 27.9 Å². The highest BCUT2D eigenvalue weighted by Crippen LogP contribution is 2.28. The molecule has 0 spiro atoms. The van der Waals surface area contributed by atoms with Crippen LogP contribution in [-0.2, 0) is 17.8 Å². The molecule has 0 aliphatic rings. The van der Waals surface area contributed by atoms with Crippen molar-refractivity contribution in [1.29, 1.82) is 0 Å². The van der Waals surface area contributed by atoms with Crippen molar-refractivity contribution in [3.05, 3.63) is 77.9 Å². The van der Waals surface area contributed by atoms with Gasteiger partial charge in [0.1, 0.15) is 6.04 Å². The lowest BCUT2D eigenvalue weighted by Gasteiger charge is -2.17. The number of nitrogens with zero attached hydrogens (tertiary/aromatic N) is 2. The monoisotopic (exact) mass is 437 g/mol. The summed E-state index contributed by atoms with van der Waals surface area (Å²) in [5.74, 6) is -0.723. The molecule has 0 aliphatic heterocycles. The van der Waals surface area contributed by atoms with Gasteiger partial charge in [-0.25, -0.2) is 9.78 Å². The Morgan fingerprint density at radius 3 is 2.68 bits per heavy atom. The van der Waals surface area contributed by atoms with E-state index in [4.69, 9.17) is 0 Å².